The molecule has 142 valence electrons. The van der Waals surface area contributed by atoms with Crippen molar-refractivity contribution < 1.29 is 14.6 Å². The summed E-state index contributed by atoms with van der Waals surface area (Å²) in [5.41, 5.74) is 2.15. The quantitative estimate of drug-likeness (QED) is 0.549. The highest BCUT2D eigenvalue weighted by Crippen LogP contribution is 2.59. The van der Waals surface area contributed by atoms with Crippen molar-refractivity contribution in [1.82, 2.24) is 0 Å². The fourth-order valence-corrected chi connectivity index (χ4v) is 4.78. The molecule has 3 nitrogen and oxygen atoms in total. The highest BCUT2D eigenvalue weighted by molar-refractivity contribution is 5.66. The maximum Gasteiger partial charge on any atom is 0.303 e. The first-order chi connectivity index (χ1) is 11.5. The first-order valence-corrected chi connectivity index (χ1v) is 9.76. The van der Waals surface area contributed by atoms with E-state index >= 15 is 0 Å². The summed E-state index contributed by atoms with van der Waals surface area (Å²) in [6.45, 7) is 13.8. The predicted molar refractivity (Wildman–Crippen MR) is 102 cm³/mol. The van der Waals surface area contributed by atoms with Gasteiger partial charge in [-0.05, 0) is 83.0 Å². The first kappa shape index (κ1) is 20.2. The summed E-state index contributed by atoms with van der Waals surface area (Å²) in [4.78, 5) is 11.4. The number of carbonyl (C=O) groups excluding carboxylic acids is 1. The molecule has 4 atom stereocenters. The SMILES string of the molecule is C=C1CCC=C(C)CCC2C1CC2(C)CCC(OC(C)=O)C(C)(C)O. The van der Waals surface area contributed by atoms with Gasteiger partial charge in [-0.3, -0.25) is 4.79 Å². The van der Waals surface area contributed by atoms with Gasteiger partial charge < -0.3 is 9.84 Å². The monoisotopic (exact) mass is 348 g/mol. The van der Waals surface area contributed by atoms with Crippen LogP contribution in [0.15, 0.2) is 23.8 Å². The molecular formula is C22H36O3. The van der Waals surface area contributed by atoms with E-state index in [0.29, 0.717) is 18.3 Å². The molecule has 1 fully saturated rings. The Hall–Kier alpha value is -1.09. The first-order valence-electron chi connectivity index (χ1n) is 9.76. The Balaban J connectivity index is 2.04. The normalized spacial score (nSPS) is 31.6. The van der Waals surface area contributed by atoms with Crippen LogP contribution >= 0.6 is 0 Å². The average molecular weight is 349 g/mol. The third kappa shape index (κ3) is 4.97. The van der Waals surface area contributed by atoms with Crippen molar-refractivity contribution in [3.05, 3.63) is 23.8 Å². The van der Waals surface area contributed by atoms with E-state index in [4.69, 9.17) is 4.74 Å². The van der Waals surface area contributed by atoms with E-state index in [1.165, 1.54) is 37.3 Å². The fraction of sp³-hybridized carbons (Fsp3) is 0.773. The van der Waals surface area contributed by atoms with Gasteiger partial charge in [-0.15, -0.1) is 0 Å². The molecule has 0 aromatic carbocycles. The molecule has 1 N–H and O–H groups in total. The van der Waals surface area contributed by atoms with Gasteiger partial charge in [-0.25, -0.2) is 0 Å². The van der Waals surface area contributed by atoms with E-state index in [9.17, 15) is 9.90 Å². The summed E-state index contributed by atoms with van der Waals surface area (Å²) in [5.74, 6) is 0.972. The molecule has 2 aliphatic rings. The van der Waals surface area contributed by atoms with E-state index in [0.717, 1.165) is 19.3 Å². The van der Waals surface area contributed by atoms with E-state index in [1.807, 2.05) is 0 Å². The molecule has 0 amide bonds. The molecule has 0 radical (unpaired) electrons. The number of esters is 1. The maximum absolute atomic E-state index is 11.4. The van der Waals surface area contributed by atoms with Crippen LogP contribution in [0.25, 0.3) is 0 Å². The van der Waals surface area contributed by atoms with Crippen LogP contribution < -0.4 is 0 Å². The molecule has 0 saturated heterocycles. The number of rotatable bonds is 5. The van der Waals surface area contributed by atoms with Gasteiger partial charge in [-0.2, -0.15) is 0 Å². The van der Waals surface area contributed by atoms with Crippen molar-refractivity contribution in [3.8, 4) is 0 Å². The van der Waals surface area contributed by atoms with Gasteiger partial charge in [0.2, 0.25) is 0 Å². The lowest BCUT2D eigenvalue weighted by atomic mass is 9.49. The molecule has 2 aliphatic carbocycles. The van der Waals surface area contributed by atoms with Crippen LogP contribution in [0, 0.1) is 17.3 Å². The van der Waals surface area contributed by atoms with Crippen LogP contribution in [0.1, 0.15) is 79.6 Å². The Morgan fingerprint density at radius 1 is 1.48 bits per heavy atom. The van der Waals surface area contributed by atoms with Gasteiger partial charge in [0, 0.05) is 6.92 Å². The molecule has 0 aromatic rings. The summed E-state index contributed by atoms with van der Waals surface area (Å²) < 4.78 is 5.40. The van der Waals surface area contributed by atoms with Crippen molar-refractivity contribution >= 4 is 5.97 Å². The Kier molecular flexibility index (Phi) is 6.19. The number of carbonyl (C=O) groups is 1. The highest BCUT2D eigenvalue weighted by Gasteiger charge is 2.50. The second-order valence-electron chi connectivity index (χ2n) is 9.15. The molecule has 2 rings (SSSR count). The topological polar surface area (TPSA) is 46.5 Å². The summed E-state index contributed by atoms with van der Waals surface area (Å²) >= 11 is 0. The molecule has 0 bridgehead atoms. The van der Waals surface area contributed by atoms with E-state index in [2.05, 4.69) is 26.5 Å². The fourth-order valence-electron chi connectivity index (χ4n) is 4.78. The van der Waals surface area contributed by atoms with Crippen molar-refractivity contribution in [1.29, 1.82) is 0 Å². The zero-order valence-electron chi connectivity index (χ0n) is 16.7. The van der Waals surface area contributed by atoms with Gasteiger partial charge in [0.25, 0.3) is 0 Å². The molecule has 0 spiro atoms. The van der Waals surface area contributed by atoms with Gasteiger partial charge >= 0.3 is 5.97 Å². The molecular weight excluding hydrogens is 312 g/mol. The van der Waals surface area contributed by atoms with Crippen molar-refractivity contribution in [2.75, 3.05) is 0 Å². The summed E-state index contributed by atoms with van der Waals surface area (Å²) in [5, 5.41) is 10.3. The predicted octanol–water partition coefficient (Wildman–Crippen LogP) is 5.19. The molecule has 0 aliphatic heterocycles. The van der Waals surface area contributed by atoms with Crippen molar-refractivity contribution in [3.63, 3.8) is 0 Å². The van der Waals surface area contributed by atoms with Gasteiger partial charge in [0.15, 0.2) is 0 Å². The maximum atomic E-state index is 11.4. The van der Waals surface area contributed by atoms with Crippen LogP contribution in [-0.2, 0) is 9.53 Å². The smallest absolute Gasteiger partial charge is 0.303 e. The molecule has 0 aromatic heterocycles. The number of ether oxygens (including phenoxy) is 1. The van der Waals surface area contributed by atoms with Crippen LogP contribution in [0.5, 0.6) is 0 Å². The minimum Gasteiger partial charge on any atom is -0.460 e. The number of fused-ring (bicyclic) bond motifs is 1. The van der Waals surface area contributed by atoms with Crippen LogP contribution in [-0.4, -0.2) is 22.8 Å². The molecule has 25 heavy (non-hydrogen) atoms. The average Bonchev–Trinajstić information content (AvgIpc) is 2.52. The highest BCUT2D eigenvalue weighted by atomic mass is 16.6. The summed E-state index contributed by atoms with van der Waals surface area (Å²) in [6.07, 6.45) is 9.41. The Morgan fingerprint density at radius 2 is 2.16 bits per heavy atom. The third-order valence-electron chi connectivity index (χ3n) is 6.47. The van der Waals surface area contributed by atoms with Gasteiger partial charge in [-0.1, -0.05) is 30.7 Å². The Morgan fingerprint density at radius 3 is 2.76 bits per heavy atom. The third-order valence-corrected chi connectivity index (χ3v) is 6.47. The van der Waals surface area contributed by atoms with E-state index in [-0.39, 0.29) is 11.4 Å². The summed E-state index contributed by atoms with van der Waals surface area (Å²) in [6, 6.07) is 0. The molecule has 0 heterocycles. The van der Waals surface area contributed by atoms with E-state index < -0.39 is 11.7 Å². The molecule has 1 saturated carbocycles. The number of aliphatic hydroxyl groups is 1. The molecule has 4 unspecified atom stereocenters. The van der Waals surface area contributed by atoms with Crippen molar-refractivity contribution in [2.24, 2.45) is 17.3 Å². The molecule has 3 heteroatoms. The van der Waals surface area contributed by atoms with Crippen LogP contribution in [0.2, 0.25) is 0 Å². The lowest BCUT2D eigenvalue weighted by Crippen LogP contribution is -2.48. The van der Waals surface area contributed by atoms with Crippen molar-refractivity contribution in [2.45, 2.75) is 91.3 Å². The Bertz CT molecular complexity index is 540. The standard InChI is InChI=1S/C22H36O3/c1-15-8-7-9-16(2)18-14-22(6,19(18)11-10-15)13-12-20(21(4,5)24)25-17(3)23/h8,18-20,24H,2,7,9-14H2,1,3-6H3. The zero-order chi connectivity index (χ0) is 18.8. The minimum atomic E-state index is -1.01. The van der Waals surface area contributed by atoms with Gasteiger partial charge in [0.05, 0.1) is 5.60 Å². The zero-order valence-corrected chi connectivity index (χ0v) is 16.7. The number of allylic oxidation sites excluding steroid dienone is 3. The lowest BCUT2D eigenvalue weighted by molar-refractivity contribution is -0.162. The van der Waals surface area contributed by atoms with E-state index in [1.54, 1.807) is 13.8 Å². The van der Waals surface area contributed by atoms with Crippen LogP contribution in [0.4, 0.5) is 0 Å². The van der Waals surface area contributed by atoms with Gasteiger partial charge in [0.1, 0.15) is 6.10 Å². The Labute approximate surface area is 153 Å². The lowest BCUT2D eigenvalue weighted by Gasteiger charge is -2.55. The second-order valence-corrected chi connectivity index (χ2v) is 9.15. The van der Waals surface area contributed by atoms with Crippen LogP contribution in [0.3, 0.4) is 0 Å². The minimum absolute atomic E-state index is 0.252. The number of hydrogen-bond acceptors (Lipinski definition) is 3. The second kappa shape index (κ2) is 7.65. The number of hydrogen-bond donors (Lipinski definition) is 1. The summed E-state index contributed by atoms with van der Waals surface area (Å²) in [7, 11) is 0. The largest absolute Gasteiger partial charge is 0.460 e.